The van der Waals surface area contributed by atoms with Gasteiger partial charge in [-0.15, -0.1) is 0 Å². The van der Waals surface area contributed by atoms with E-state index in [0.29, 0.717) is 11.1 Å². The van der Waals surface area contributed by atoms with Crippen molar-refractivity contribution in [2.75, 3.05) is 0 Å². The number of pyridine rings is 2. The van der Waals surface area contributed by atoms with Crippen molar-refractivity contribution in [2.24, 2.45) is 0 Å². The predicted octanol–water partition coefficient (Wildman–Crippen LogP) is 3.71. The van der Waals surface area contributed by atoms with Gasteiger partial charge >= 0.3 is 0 Å². The van der Waals surface area contributed by atoms with Gasteiger partial charge in [0.2, 0.25) is 5.88 Å². The Hall–Kier alpha value is -3.72. The van der Waals surface area contributed by atoms with Gasteiger partial charge in [-0.2, -0.15) is 5.26 Å². The fourth-order valence-corrected chi connectivity index (χ4v) is 3.31. The van der Waals surface area contributed by atoms with Crippen LogP contribution in [-0.2, 0) is 12.0 Å². The number of nitriles is 1. The van der Waals surface area contributed by atoms with Crippen LogP contribution in [0.3, 0.4) is 0 Å². The van der Waals surface area contributed by atoms with E-state index in [1.165, 1.54) is 6.92 Å². The van der Waals surface area contributed by atoms with Crippen molar-refractivity contribution in [1.82, 2.24) is 9.55 Å². The SMILES string of the molecule is Cc1c(C(=O)c2ccc(C(C)(C)C)cc2)c(O)n(Cc2cccnc2)c(=O)c1C#N. The number of hydrogen-bond acceptors (Lipinski definition) is 5. The molecule has 2 aromatic heterocycles. The van der Waals surface area contributed by atoms with Crippen LogP contribution in [-0.4, -0.2) is 20.4 Å². The Balaban J connectivity index is 2.14. The molecule has 2 heterocycles. The highest BCUT2D eigenvalue weighted by Crippen LogP contribution is 2.27. The third-order valence-corrected chi connectivity index (χ3v) is 5.10. The Bertz CT molecular complexity index is 1200. The summed E-state index contributed by atoms with van der Waals surface area (Å²) in [4.78, 5) is 30.0. The highest BCUT2D eigenvalue weighted by Gasteiger charge is 2.25. The van der Waals surface area contributed by atoms with Crippen LogP contribution in [0.15, 0.2) is 53.6 Å². The van der Waals surface area contributed by atoms with E-state index in [4.69, 9.17) is 0 Å². The molecule has 30 heavy (non-hydrogen) atoms. The molecule has 6 nitrogen and oxygen atoms in total. The summed E-state index contributed by atoms with van der Waals surface area (Å²) in [6.45, 7) is 7.73. The van der Waals surface area contributed by atoms with Gasteiger partial charge in [-0.1, -0.05) is 51.1 Å². The largest absolute Gasteiger partial charge is 0.494 e. The zero-order chi connectivity index (χ0) is 22.1. The summed E-state index contributed by atoms with van der Waals surface area (Å²) >= 11 is 0. The number of carbonyl (C=O) groups excluding carboxylic acids is 1. The standard InChI is InChI=1S/C24H23N3O3/c1-15-19(12-25)22(29)27(14-16-6-5-11-26-13-16)23(30)20(15)21(28)17-7-9-18(10-8-17)24(2,3)4/h5-11,13,30H,14H2,1-4H3. The van der Waals surface area contributed by atoms with Gasteiger partial charge in [-0.3, -0.25) is 19.1 Å². The van der Waals surface area contributed by atoms with Gasteiger partial charge < -0.3 is 5.11 Å². The summed E-state index contributed by atoms with van der Waals surface area (Å²) in [6.07, 6.45) is 3.16. The van der Waals surface area contributed by atoms with Crippen LogP contribution >= 0.6 is 0 Å². The lowest BCUT2D eigenvalue weighted by atomic mass is 9.86. The molecule has 152 valence electrons. The van der Waals surface area contributed by atoms with Crippen molar-refractivity contribution in [1.29, 1.82) is 5.26 Å². The van der Waals surface area contributed by atoms with E-state index in [1.807, 2.05) is 18.2 Å². The van der Waals surface area contributed by atoms with Crippen molar-refractivity contribution < 1.29 is 9.90 Å². The number of aromatic nitrogens is 2. The lowest BCUT2D eigenvalue weighted by Gasteiger charge is -2.19. The number of hydrogen-bond donors (Lipinski definition) is 1. The van der Waals surface area contributed by atoms with Gasteiger partial charge in [0.25, 0.3) is 5.56 Å². The molecule has 0 saturated heterocycles. The van der Waals surface area contributed by atoms with Crippen LogP contribution in [0.5, 0.6) is 5.88 Å². The zero-order valence-electron chi connectivity index (χ0n) is 17.4. The van der Waals surface area contributed by atoms with Crippen LogP contribution in [0, 0.1) is 18.3 Å². The molecule has 0 aliphatic carbocycles. The highest BCUT2D eigenvalue weighted by molar-refractivity contribution is 6.11. The molecule has 1 N–H and O–H groups in total. The first kappa shape index (κ1) is 21.0. The predicted molar refractivity (Wildman–Crippen MR) is 114 cm³/mol. The summed E-state index contributed by atoms with van der Waals surface area (Å²) in [6, 6.07) is 12.5. The summed E-state index contributed by atoms with van der Waals surface area (Å²) < 4.78 is 1.04. The van der Waals surface area contributed by atoms with Crippen molar-refractivity contribution in [2.45, 2.75) is 39.7 Å². The number of nitrogens with zero attached hydrogens (tertiary/aromatic N) is 3. The summed E-state index contributed by atoms with van der Waals surface area (Å²) in [5, 5.41) is 20.4. The van der Waals surface area contributed by atoms with Crippen molar-refractivity contribution in [3.63, 3.8) is 0 Å². The molecule has 0 unspecified atom stereocenters. The maximum Gasteiger partial charge on any atom is 0.271 e. The molecule has 0 atom stereocenters. The number of aromatic hydroxyl groups is 1. The lowest BCUT2D eigenvalue weighted by Crippen LogP contribution is -2.27. The van der Waals surface area contributed by atoms with E-state index < -0.39 is 17.2 Å². The molecule has 3 rings (SSSR count). The molecule has 0 spiro atoms. The van der Waals surface area contributed by atoms with Crippen molar-refractivity contribution >= 4 is 5.78 Å². The second-order valence-electron chi connectivity index (χ2n) is 8.22. The second kappa shape index (κ2) is 7.96. The van der Waals surface area contributed by atoms with Crippen LogP contribution in [0.25, 0.3) is 0 Å². The molecule has 0 aliphatic rings. The molecule has 0 saturated carbocycles. The Kier molecular flexibility index (Phi) is 5.57. The Morgan fingerprint density at radius 1 is 1.20 bits per heavy atom. The molecular formula is C24H23N3O3. The maximum atomic E-state index is 13.2. The average Bonchev–Trinajstić information content (AvgIpc) is 2.71. The molecule has 0 aliphatic heterocycles. The fraction of sp³-hybridized carbons (Fsp3) is 0.250. The van der Waals surface area contributed by atoms with Gasteiger partial charge in [0, 0.05) is 18.0 Å². The molecule has 0 bridgehead atoms. The van der Waals surface area contributed by atoms with Crippen molar-refractivity contribution in [3.8, 4) is 11.9 Å². The van der Waals surface area contributed by atoms with Crippen LogP contribution in [0.2, 0.25) is 0 Å². The minimum atomic E-state index is -0.643. The van der Waals surface area contributed by atoms with Crippen LogP contribution in [0.1, 0.15) is 58.9 Å². The molecule has 0 fully saturated rings. The Morgan fingerprint density at radius 3 is 2.40 bits per heavy atom. The third kappa shape index (κ3) is 3.87. The second-order valence-corrected chi connectivity index (χ2v) is 8.22. The van der Waals surface area contributed by atoms with Gasteiger partial charge in [0.1, 0.15) is 11.6 Å². The van der Waals surface area contributed by atoms with Crippen molar-refractivity contribution in [3.05, 3.63) is 92.5 Å². The Morgan fingerprint density at radius 2 is 1.87 bits per heavy atom. The number of ketones is 1. The normalized spacial score (nSPS) is 11.2. The number of benzene rings is 1. The topological polar surface area (TPSA) is 96.0 Å². The summed E-state index contributed by atoms with van der Waals surface area (Å²) in [7, 11) is 0. The van der Waals surface area contributed by atoms with Crippen LogP contribution < -0.4 is 5.56 Å². The fourth-order valence-electron chi connectivity index (χ4n) is 3.31. The highest BCUT2D eigenvalue weighted by atomic mass is 16.3. The van der Waals surface area contributed by atoms with E-state index in [2.05, 4.69) is 25.8 Å². The number of rotatable bonds is 4. The quantitative estimate of drug-likeness (QED) is 0.673. The monoisotopic (exact) mass is 401 g/mol. The molecule has 0 amide bonds. The van der Waals surface area contributed by atoms with E-state index in [1.54, 1.807) is 36.7 Å². The molecule has 1 aromatic carbocycles. The molecular weight excluding hydrogens is 378 g/mol. The number of carbonyl (C=O) groups is 1. The third-order valence-electron chi connectivity index (χ3n) is 5.10. The summed E-state index contributed by atoms with van der Waals surface area (Å²) in [5.41, 5.74) is 1.37. The minimum Gasteiger partial charge on any atom is -0.494 e. The van der Waals surface area contributed by atoms with E-state index in [0.717, 1.165) is 10.1 Å². The molecule has 0 radical (unpaired) electrons. The molecule has 3 aromatic rings. The minimum absolute atomic E-state index is 0.00327. The van der Waals surface area contributed by atoms with Gasteiger partial charge in [0.15, 0.2) is 5.78 Å². The first-order chi connectivity index (χ1) is 14.1. The van der Waals surface area contributed by atoms with Crippen LogP contribution in [0.4, 0.5) is 0 Å². The first-order valence-electron chi connectivity index (χ1n) is 9.55. The van der Waals surface area contributed by atoms with Gasteiger partial charge in [-0.05, 0) is 35.1 Å². The summed E-state index contributed by atoms with van der Waals surface area (Å²) in [5.74, 6) is -0.896. The molecule has 6 heteroatoms. The lowest BCUT2D eigenvalue weighted by molar-refractivity contribution is 0.103. The van der Waals surface area contributed by atoms with Gasteiger partial charge in [0.05, 0.1) is 12.1 Å². The van der Waals surface area contributed by atoms with E-state index >= 15 is 0 Å². The first-order valence-corrected chi connectivity index (χ1v) is 9.55. The zero-order valence-corrected chi connectivity index (χ0v) is 17.4. The van der Waals surface area contributed by atoms with E-state index in [-0.39, 0.29) is 28.7 Å². The van der Waals surface area contributed by atoms with E-state index in [9.17, 15) is 20.0 Å². The average molecular weight is 401 g/mol. The smallest absolute Gasteiger partial charge is 0.271 e. The van der Waals surface area contributed by atoms with Gasteiger partial charge in [-0.25, -0.2) is 0 Å². The maximum absolute atomic E-state index is 13.2. The Labute approximate surface area is 175 Å².